The van der Waals surface area contributed by atoms with Crippen LogP contribution in [-0.2, 0) is 9.59 Å². The SMILES string of the molecule is C/C(=N/N=C1\NC(=O)[C@@H](CC(=O)Nc2cccc(Cl)c2)S1)C(C)(C)C. The summed E-state index contributed by atoms with van der Waals surface area (Å²) in [5.74, 6) is -0.501. The van der Waals surface area contributed by atoms with Gasteiger partial charge in [-0.3, -0.25) is 9.59 Å². The van der Waals surface area contributed by atoms with Crippen LogP contribution in [0, 0.1) is 5.41 Å². The molecule has 0 aliphatic carbocycles. The van der Waals surface area contributed by atoms with Gasteiger partial charge in [-0.25, -0.2) is 0 Å². The van der Waals surface area contributed by atoms with E-state index in [-0.39, 0.29) is 23.7 Å². The number of carbonyl (C=O) groups excluding carboxylic acids is 2. The second-order valence-corrected chi connectivity index (χ2v) is 8.33. The van der Waals surface area contributed by atoms with Crippen molar-refractivity contribution in [3.63, 3.8) is 0 Å². The quantitative estimate of drug-likeness (QED) is 0.617. The summed E-state index contributed by atoms with van der Waals surface area (Å²) in [6.07, 6.45) is 0.0456. The van der Waals surface area contributed by atoms with Gasteiger partial charge in [-0.2, -0.15) is 5.10 Å². The molecule has 0 saturated carbocycles. The topological polar surface area (TPSA) is 82.9 Å². The number of rotatable bonds is 4. The van der Waals surface area contributed by atoms with Crippen LogP contribution in [0.3, 0.4) is 0 Å². The number of nitrogens with zero attached hydrogens (tertiary/aromatic N) is 2. The van der Waals surface area contributed by atoms with E-state index in [4.69, 9.17) is 11.6 Å². The first-order valence-electron chi connectivity index (χ1n) is 7.81. The number of carbonyl (C=O) groups is 2. The molecule has 1 atom stereocenters. The lowest BCUT2D eigenvalue weighted by Gasteiger charge is -2.16. The van der Waals surface area contributed by atoms with Gasteiger partial charge in [-0.15, -0.1) is 5.10 Å². The standard InChI is InChI=1S/C17H21ClN4O2S/c1-10(17(2,3)4)21-22-16-20-15(24)13(25-16)9-14(23)19-12-7-5-6-11(18)8-12/h5-8,13H,9H2,1-4H3,(H,19,23)(H,20,22,24)/b21-10-/t13-/m1/s1. The zero-order valence-electron chi connectivity index (χ0n) is 14.6. The van der Waals surface area contributed by atoms with E-state index in [0.29, 0.717) is 15.9 Å². The maximum Gasteiger partial charge on any atom is 0.240 e. The number of amidine groups is 1. The molecule has 2 N–H and O–H groups in total. The fourth-order valence-corrected chi connectivity index (χ4v) is 2.91. The molecule has 1 aliphatic heterocycles. The van der Waals surface area contributed by atoms with Gasteiger partial charge in [-0.05, 0) is 25.1 Å². The van der Waals surface area contributed by atoms with E-state index in [0.717, 1.165) is 5.71 Å². The molecule has 1 aliphatic rings. The van der Waals surface area contributed by atoms with Crippen molar-refractivity contribution in [1.82, 2.24) is 5.32 Å². The second-order valence-electron chi connectivity index (χ2n) is 6.70. The minimum absolute atomic E-state index is 0.0456. The molecule has 1 saturated heterocycles. The predicted molar refractivity (Wildman–Crippen MR) is 104 cm³/mol. The zero-order valence-corrected chi connectivity index (χ0v) is 16.2. The third kappa shape index (κ3) is 5.86. The van der Waals surface area contributed by atoms with E-state index in [2.05, 4.69) is 20.8 Å². The summed E-state index contributed by atoms with van der Waals surface area (Å²) in [6.45, 7) is 8.00. The third-order valence-corrected chi connectivity index (χ3v) is 4.94. The maximum absolute atomic E-state index is 12.1. The number of amides is 2. The predicted octanol–water partition coefficient (Wildman–Crippen LogP) is 3.68. The normalized spacial score (nSPS) is 19.9. The van der Waals surface area contributed by atoms with E-state index >= 15 is 0 Å². The highest BCUT2D eigenvalue weighted by molar-refractivity contribution is 8.15. The lowest BCUT2D eigenvalue weighted by atomic mass is 9.91. The molecular formula is C17H21ClN4O2S. The Labute approximate surface area is 156 Å². The molecule has 0 spiro atoms. The van der Waals surface area contributed by atoms with Crippen LogP contribution in [0.25, 0.3) is 0 Å². The fraction of sp³-hybridized carbons (Fsp3) is 0.412. The number of benzene rings is 1. The summed E-state index contributed by atoms with van der Waals surface area (Å²) in [7, 11) is 0. The van der Waals surface area contributed by atoms with Crippen LogP contribution < -0.4 is 10.6 Å². The molecule has 0 aromatic heterocycles. The number of anilines is 1. The minimum atomic E-state index is -0.525. The molecule has 134 valence electrons. The number of hydrogen-bond acceptors (Lipinski definition) is 5. The number of thioether (sulfide) groups is 1. The van der Waals surface area contributed by atoms with E-state index < -0.39 is 5.25 Å². The number of nitrogens with one attached hydrogen (secondary N) is 2. The lowest BCUT2D eigenvalue weighted by Crippen LogP contribution is -2.28. The van der Waals surface area contributed by atoms with Crippen molar-refractivity contribution >= 4 is 51.7 Å². The van der Waals surface area contributed by atoms with Gasteiger partial charge in [0.15, 0.2) is 5.17 Å². The smallest absolute Gasteiger partial charge is 0.240 e. The Morgan fingerprint density at radius 2 is 2.12 bits per heavy atom. The zero-order chi connectivity index (χ0) is 18.6. The molecule has 0 unspecified atom stereocenters. The van der Waals surface area contributed by atoms with Crippen LogP contribution in [0.15, 0.2) is 34.5 Å². The fourth-order valence-electron chi connectivity index (χ4n) is 1.80. The Morgan fingerprint density at radius 3 is 2.76 bits per heavy atom. The van der Waals surface area contributed by atoms with E-state index in [9.17, 15) is 9.59 Å². The van der Waals surface area contributed by atoms with Crippen molar-refractivity contribution in [2.45, 2.75) is 39.4 Å². The summed E-state index contributed by atoms with van der Waals surface area (Å²) in [5.41, 5.74) is 1.37. The Balaban J connectivity index is 1.95. The van der Waals surface area contributed by atoms with Crippen molar-refractivity contribution in [2.24, 2.45) is 15.6 Å². The Kier molecular flexibility index (Phi) is 6.24. The van der Waals surface area contributed by atoms with Crippen molar-refractivity contribution in [1.29, 1.82) is 0 Å². The van der Waals surface area contributed by atoms with Crippen molar-refractivity contribution in [2.75, 3.05) is 5.32 Å². The first-order chi connectivity index (χ1) is 11.6. The molecule has 1 fully saturated rings. The van der Waals surface area contributed by atoms with Crippen LogP contribution in [0.5, 0.6) is 0 Å². The highest BCUT2D eigenvalue weighted by Crippen LogP contribution is 2.24. The largest absolute Gasteiger partial charge is 0.326 e. The van der Waals surface area contributed by atoms with Gasteiger partial charge in [0.2, 0.25) is 11.8 Å². The molecular weight excluding hydrogens is 360 g/mol. The molecule has 1 aromatic rings. The summed E-state index contributed by atoms with van der Waals surface area (Å²) in [4.78, 5) is 24.1. The van der Waals surface area contributed by atoms with Crippen molar-refractivity contribution in [3.8, 4) is 0 Å². The van der Waals surface area contributed by atoms with Gasteiger partial charge in [-0.1, -0.05) is 50.2 Å². The minimum Gasteiger partial charge on any atom is -0.326 e. The number of halogens is 1. The summed E-state index contributed by atoms with van der Waals surface area (Å²) in [5, 5.41) is 14.0. The van der Waals surface area contributed by atoms with Crippen LogP contribution in [0.4, 0.5) is 5.69 Å². The molecule has 2 amide bonds. The van der Waals surface area contributed by atoms with Crippen LogP contribution in [0.1, 0.15) is 34.1 Å². The molecule has 8 heteroatoms. The molecule has 6 nitrogen and oxygen atoms in total. The van der Waals surface area contributed by atoms with Gasteiger partial charge in [0.25, 0.3) is 0 Å². The average molecular weight is 381 g/mol. The second kappa shape index (κ2) is 8.01. The van der Waals surface area contributed by atoms with Gasteiger partial charge >= 0.3 is 0 Å². The van der Waals surface area contributed by atoms with Crippen LogP contribution >= 0.6 is 23.4 Å². The average Bonchev–Trinajstić information content (AvgIpc) is 2.83. The monoisotopic (exact) mass is 380 g/mol. The van der Waals surface area contributed by atoms with E-state index in [1.807, 2.05) is 27.7 Å². The number of hydrogen-bond donors (Lipinski definition) is 2. The maximum atomic E-state index is 12.1. The summed E-state index contributed by atoms with van der Waals surface area (Å²) >= 11 is 7.09. The van der Waals surface area contributed by atoms with Crippen molar-refractivity contribution < 1.29 is 9.59 Å². The highest BCUT2D eigenvalue weighted by atomic mass is 35.5. The molecule has 0 bridgehead atoms. The van der Waals surface area contributed by atoms with E-state index in [1.165, 1.54) is 11.8 Å². The van der Waals surface area contributed by atoms with Crippen molar-refractivity contribution in [3.05, 3.63) is 29.3 Å². The van der Waals surface area contributed by atoms with Crippen LogP contribution in [-0.4, -0.2) is 27.9 Å². The molecule has 1 heterocycles. The Hall–Kier alpha value is -1.86. The molecule has 25 heavy (non-hydrogen) atoms. The first-order valence-corrected chi connectivity index (χ1v) is 9.06. The first kappa shape index (κ1) is 19.5. The van der Waals surface area contributed by atoms with E-state index in [1.54, 1.807) is 24.3 Å². The van der Waals surface area contributed by atoms with Gasteiger partial charge < -0.3 is 10.6 Å². The Morgan fingerprint density at radius 1 is 1.40 bits per heavy atom. The molecule has 1 aromatic carbocycles. The lowest BCUT2D eigenvalue weighted by molar-refractivity contribution is -0.122. The van der Waals surface area contributed by atoms with Gasteiger partial charge in [0, 0.05) is 28.3 Å². The van der Waals surface area contributed by atoms with Gasteiger partial charge in [0.1, 0.15) is 5.25 Å². The third-order valence-electron chi connectivity index (χ3n) is 3.63. The molecule has 0 radical (unpaired) electrons. The summed E-state index contributed by atoms with van der Waals surface area (Å²) < 4.78 is 0. The summed E-state index contributed by atoms with van der Waals surface area (Å²) in [6, 6.07) is 6.86. The molecule has 2 rings (SSSR count). The van der Waals surface area contributed by atoms with Gasteiger partial charge in [0.05, 0.1) is 0 Å². The Bertz CT molecular complexity index is 740. The van der Waals surface area contributed by atoms with Crippen LogP contribution in [0.2, 0.25) is 5.02 Å². The highest BCUT2D eigenvalue weighted by Gasteiger charge is 2.32.